The lowest BCUT2D eigenvalue weighted by Crippen LogP contribution is -2.61. The standard InChI is InChI=1S/C29H32N4O4S/c1-27-7-5-16(34)9-15(27)3-4-17-18-6-8-29(37,28(18,2)12-23(35)25(17)27)24(36)13-38-26-32-21-10-19-20(31-14-30-19)11-22(21)33-26/h5,7,9-11,14,17-18,23,25,35,37H,3-4,6,8,12-13H2,1-2H3,(H,30,31)(H,32,33)/t17?,18?,23-,25?,27?,28?,29-/m0/s1. The highest BCUT2D eigenvalue weighted by Crippen LogP contribution is 2.67. The van der Waals surface area contributed by atoms with E-state index in [4.69, 9.17) is 0 Å². The van der Waals surface area contributed by atoms with E-state index in [2.05, 4.69) is 26.9 Å². The number of aromatic nitrogens is 4. The molecule has 0 amide bonds. The number of hydrogen-bond acceptors (Lipinski definition) is 7. The van der Waals surface area contributed by atoms with Crippen LogP contribution in [0.5, 0.6) is 0 Å². The highest BCUT2D eigenvalue weighted by Gasteiger charge is 2.68. The SMILES string of the molecule is CC12C=CC(=O)C=C1CCC1C2[C@@H](O)CC2(C)C1CC[C@]2(O)C(=O)CSc1nc2cc3nc[nH]c3cc2[nH]1. The molecular formula is C29H32N4O4S. The Labute approximate surface area is 224 Å². The highest BCUT2D eigenvalue weighted by molar-refractivity contribution is 7.99. The predicted octanol–water partition coefficient (Wildman–Crippen LogP) is 4.11. The highest BCUT2D eigenvalue weighted by atomic mass is 32.2. The van der Waals surface area contributed by atoms with E-state index in [-0.39, 0.29) is 40.5 Å². The van der Waals surface area contributed by atoms with Crippen molar-refractivity contribution in [2.75, 3.05) is 5.75 Å². The molecule has 5 unspecified atom stereocenters. The molecule has 0 bridgehead atoms. The number of aliphatic hydroxyl groups is 2. The number of ketones is 2. The number of allylic oxidation sites excluding steroid dienone is 4. The molecule has 3 aromatic rings. The van der Waals surface area contributed by atoms with E-state index in [1.165, 1.54) is 11.8 Å². The van der Waals surface area contributed by atoms with Gasteiger partial charge in [-0.2, -0.15) is 0 Å². The molecule has 2 aromatic heterocycles. The van der Waals surface area contributed by atoms with Gasteiger partial charge in [0, 0.05) is 16.7 Å². The molecule has 4 aliphatic carbocycles. The number of hydrogen-bond donors (Lipinski definition) is 4. The Morgan fingerprint density at radius 3 is 2.89 bits per heavy atom. The van der Waals surface area contributed by atoms with Crippen LogP contribution in [0.15, 0.2) is 47.4 Å². The number of nitrogens with one attached hydrogen (secondary N) is 2. The number of benzene rings is 1. The lowest BCUT2D eigenvalue weighted by atomic mass is 9.46. The summed E-state index contributed by atoms with van der Waals surface area (Å²) in [4.78, 5) is 41.0. The number of nitrogens with zero attached hydrogens (tertiary/aromatic N) is 2. The first-order valence-corrected chi connectivity index (χ1v) is 14.4. The molecule has 7 rings (SSSR count). The second-order valence-corrected chi connectivity index (χ2v) is 13.1. The predicted molar refractivity (Wildman–Crippen MR) is 144 cm³/mol. The van der Waals surface area contributed by atoms with Gasteiger partial charge in [0.05, 0.1) is 40.3 Å². The Balaban J connectivity index is 1.12. The van der Waals surface area contributed by atoms with Crippen molar-refractivity contribution in [1.29, 1.82) is 0 Å². The normalized spacial score (nSPS) is 38.2. The average Bonchev–Trinajstić information content (AvgIpc) is 3.56. The van der Waals surface area contributed by atoms with Gasteiger partial charge in [-0.05, 0) is 68.2 Å². The third-order valence-corrected chi connectivity index (χ3v) is 11.3. The number of thioether (sulfide) groups is 1. The monoisotopic (exact) mass is 532 g/mol. The molecule has 3 fully saturated rings. The maximum Gasteiger partial charge on any atom is 0.178 e. The van der Waals surface area contributed by atoms with E-state index < -0.39 is 17.1 Å². The number of aromatic amines is 2. The molecule has 198 valence electrons. The van der Waals surface area contributed by atoms with Gasteiger partial charge >= 0.3 is 0 Å². The fraction of sp³-hybridized carbons (Fsp3) is 0.517. The summed E-state index contributed by atoms with van der Waals surface area (Å²) in [6.07, 6.45) is 9.58. The van der Waals surface area contributed by atoms with Crippen LogP contribution >= 0.6 is 11.8 Å². The van der Waals surface area contributed by atoms with Crippen LogP contribution in [0.2, 0.25) is 0 Å². The first-order chi connectivity index (χ1) is 18.1. The molecule has 2 heterocycles. The minimum absolute atomic E-state index is 0.0168. The molecule has 7 atom stereocenters. The summed E-state index contributed by atoms with van der Waals surface area (Å²) in [7, 11) is 0. The van der Waals surface area contributed by atoms with Crippen molar-refractivity contribution in [1.82, 2.24) is 19.9 Å². The summed E-state index contributed by atoms with van der Waals surface area (Å²) in [6.45, 7) is 4.15. The van der Waals surface area contributed by atoms with E-state index in [9.17, 15) is 19.8 Å². The second-order valence-electron chi connectivity index (χ2n) is 12.2. The molecule has 8 nitrogen and oxygen atoms in total. The fourth-order valence-corrected chi connectivity index (χ4v) is 9.38. The van der Waals surface area contributed by atoms with Crippen molar-refractivity contribution in [2.24, 2.45) is 28.6 Å². The van der Waals surface area contributed by atoms with E-state index in [1.807, 2.05) is 25.1 Å². The Morgan fingerprint density at radius 1 is 1.21 bits per heavy atom. The molecular weight excluding hydrogens is 500 g/mol. The fourth-order valence-electron chi connectivity index (χ4n) is 8.53. The summed E-state index contributed by atoms with van der Waals surface area (Å²) in [5.41, 5.74) is 1.95. The molecule has 3 saturated carbocycles. The summed E-state index contributed by atoms with van der Waals surface area (Å²) in [5.74, 6) is 0.232. The Kier molecular flexibility index (Phi) is 5.20. The van der Waals surface area contributed by atoms with Gasteiger partial charge < -0.3 is 20.2 Å². The van der Waals surface area contributed by atoms with Crippen molar-refractivity contribution in [3.8, 4) is 0 Å². The van der Waals surface area contributed by atoms with Crippen LogP contribution in [0.1, 0.15) is 46.0 Å². The van der Waals surface area contributed by atoms with Crippen molar-refractivity contribution >= 4 is 45.4 Å². The lowest BCUT2D eigenvalue weighted by Gasteiger charge is -2.59. The van der Waals surface area contributed by atoms with Crippen LogP contribution < -0.4 is 0 Å². The van der Waals surface area contributed by atoms with Crippen LogP contribution in [0.4, 0.5) is 0 Å². The molecule has 9 heteroatoms. The first kappa shape index (κ1) is 24.3. The number of carbonyl (C=O) groups excluding carboxylic acids is 2. The van der Waals surface area contributed by atoms with Gasteiger partial charge in [-0.15, -0.1) is 0 Å². The van der Waals surface area contributed by atoms with Gasteiger partial charge in [0.15, 0.2) is 16.7 Å². The summed E-state index contributed by atoms with van der Waals surface area (Å²) < 4.78 is 0. The maximum atomic E-state index is 13.7. The molecule has 0 saturated heterocycles. The Hall–Kier alpha value is -2.75. The maximum absolute atomic E-state index is 13.7. The zero-order valence-electron chi connectivity index (χ0n) is 21.5. The van der Waals surface area contributed by atoms with Crippen molar-refractivity contribution < 1.29 is 19.8 Å². The van der Waals surface area contributed by atoms with Crippen LogP contribution in [0.25, 0.3) is 22.1 Å². The molecule has 1 aromatic carbocycles. The van der Waals surface area contributed by atoms with E-state index in [0.29, 0.717) is 18.0 Å². The van der Waals surface area contributed by atoms with E-state index >= 15 is 0 Å². The second kappa shape index (κ2) is 8.13. The van der Waals surface area contributed by atoms with E-state index in [1.54, 1.807) is 18.5 Å². The van der Waals surface area contributed by atoms with Crippen LogP contribution in [-0.2, 0) is 9.59 Å². The van der Waals surface area contributed by atoms with Crippen molar-refractivity contribution in [3.63, 3.8) is 0 Å². The van der Waals surface area contributed by atoms with Crippen LogP contribution in [-0.4, -0.2) is 59.2 Å². The van der Waals surface area contributed by atoms with Gasteiger partial charge in [-0.3, -0.25) is 9.59 Å². The lowest BCUT2D eigenvalue weighted by molar-refractivity contribution is -0.174. The number of rotatable bonds is 4. The molecule has 4 aliphatic rings. The van der Waals surface area contributed by atoms with Gasteiger partial charge in [0.25, 0.3) is 0 Å². The quantitative estimate of drug-likeness (QED) is 0.372. The van der Waals surface area contributed by atoms with Gasteiger partial charge in [0.2, 0.25) is 0 Å². The molecule has 0 aliphatic heterocycles. The van der Waals surface area contributed by atoms with Crippen molar-refractivity contribution in [3.05, 3.63) is 42.3 Å². The average molecular weight is 533 g/mol. The van der Waals surface area contributed by atoms with Crippen LogP contribution in [0, 0.1) is 28.6 Å². The minimum atomic E-state index is -1.49. The number of Topliss-reactive ketones (excluding diaryl/α,β-unsaturated/α-hetero) is 1. The molecule has 38 heavy (non-hydrogen) atoms. The van der Waals surface area contributed by atoms with Gasteiger partial charge in [-0.1, -0.05) is 37.3 Å². The van der Waals surface area contributed by atoms with Gasteiger partial charge in [-0.25, -0.2) is 9.97 Å². The van der Waals surface area contributed by atoms with Crippen molar-refractivity contribution in [2.45, 2.75) is 62.8 Å². The Morgan fingerprint density at radius 2 is 2.05 bits per heavy atom. The largest absolute Gasteiger partial charge is 0.393 e. The van der Waals surface area contributed by atoms with Crippen LogP contribution in [0.3, 0.4) is 0 Å². The minimum Gasteiger partial charge on any atom is -0.393 e. The third-order valence-electron chi connectivity index (χ3n) is 10.5. The topological polar surface area (TPSA) is 132 Å². The summed E-state index contributed by atoms with van der Waals surface area (Å²) in [6, 6.07) is 3.86. The number of H-pyrrole nitrogens is 2. The van der Waals surface area contributed by atoms with Gasteiger partial charge in [0.1, 0.15) is 5.60 Å². The number of fused-ring (bicyclic) bond motifs is 7. The number of carbonyl (C=O) groups is 2. The zero-order chi connectivity index (χ0) is 26.4. The number of imidazole rings is 2. The third kappa shape index (κ3) is 3.24. The molecule has 4 N–H and O–H groups in total. The number of aliphatic hydroxyl groups excluding tert-OH is 1. The zero-order valence-corrected chi connectivity index (χ0v) is 22.3. The smallest absolute Gasteiger partial charge is 0.178 e. The summed E-state index contributed by atoms with van der Waals surface area (Å²) >= 11 is 1.31. The first-order valence-electron chi connectivity index (χ1n) is 13.5. The Bertz CT molecular complexity index is 1510. The summed E-state index contributed by atoms with van der Waals surface area (Å²) in [5, 5.41) is 24.2. The molecule has 0 spiro atoms. The molecule has 0 radical (unpaired) electrons. The van der Waals surface area contributed by atoms with E-state index in [0.717, 1.165) is 46.9 Å².